The van der Waals surface area contributed by atoms with Crippen molar-refractivity contribution in [1.29, 1.82) is 0 Å². The number of aromatic nitrogens is 3. The lowest BCUT2D eigenvalue weighted by atomic mass is 10.2. The number of fused-ring (bicyclic) bond motifs is 1. The topological polar surface area (TPSA) is 60.2 Å². The van der Waals surface area contributed by atoms with E-state index in [0.717, 1.165) is 35.2 Å². The second-order valence-electron chi connectivity index (χ2n) is 7.46. The van der Waals surface area contributed by atoms with Crippen LogP contribution in [0.1, 0.15) is 24.5 Å². The highest BCUT2D eigenvalue weighted by molar-refractivity contribution is 7.22. The quantitative estimate of drug-likeness (QED) is 0.377. The lowest BCUT2D eigenvalue weighted by Gasteiger charge is -2.20. The molecule has 31 heavy (non-hydrogen) atoms. The smallest absolute Gasteiger partial charge is 0.266 e. The second-order valence-corrected chi connectivity index (χ2v) is 8.47. The van der Waals surface area contributed by atoms with Crippen molar-refractivity contribution in [3.63, 3.8) is 0 Å². The first-order chi connectivity index (χ1) is 15.1. The van der Waals surface area contributed by atoms with Gasteiger partial charge in [-0.2, -0.15) is 0 Å². The van der Waals surface area contributed by atoms with Gasteiger partial charge >= 0.3 is 0 Å². The molecule has 0 aliphatic carbocycles. The zero-order chi connectivity index (χ0) is 21.6. The van der Waals surface area contributed by atoms with Crippen LogP contribution in [0.5, 0.6) is 5.75 Å². The van der Waals surface area contributed by atoms with Crippen molar-refractivity contribution < 1.29 is 9.53 Å². The first-order valence-electron chi connectivity index (χ1n) is 10.5. The van der Waals surface area contributed by atoms with Gasteiger partial charge in [0.15, 0.2) is 11.7 Å². The van der Waals surface area contributed by atoms with Crippen molar-refractivity contribution in [3.8, 4) is 5.75 Å². The van der Waals surface area contributed by atoms with Gasteiger partial charge in [0.05, 0.1) is 16.5 Å². The van der Waals surface area contributed by atoms with Crippen LogP contribution in [0.3, 0.4) is 0 Å². The molecule has 0 fully saturated rings. The average Bonchev–Trinajstić information content (AvgIpc) is 3.44. The van der Waals surface area contributed by atoms with Crippen molar-refractivity contribution in [1.82, 2.24) is 14.5 Å². The Balaban J connectivity index is 1.52. The fraction of sp³-hybridized carbons (Fsp3) is 0.292. The van der Waals surface area contributed by atoms with Gasteiger partial charge in [-0.15, -0.1) is 0 Å². The third kappa shape index (κ3) is 5.30. The molecule has 160 valence electrons. The minimum Gasteiger partial charge on any atom is -0.484 e. The highest BCUT2D eigenvalue weighted by Gasteiger charge is 2.20. The Morgan fingerprint density at radius 2 is 2.13 bits per heavy atom. The number of carbonyl (C=O) groups excluding carboxylic acids is 1. The summed E-state index contributed by atoms with van der Waals surface area (Å²) in [5.74, 6) is 0.602. The molecule has 4 aromatic rings. The fourth-order valence-electron chi connectivity index (χ4n) is 3.38. The van der Waals surface area contributed by atoms with Gasteiger partial charge in [-0.25, -0.2) is 9.97 Å². The Morgan fingerprint density at radius 3 is 2.90 bits per heavy atom. The fourth-order valence-corrected chi connectivity index (χ4v) is 4.45. The molecule has 0 aliphatic rings. The molecule has 0 aliphatic heterocycles. The monoisotopic (exact) mass is 434 g/mol. The predicted octanol–water partition coefficient (Wildman–Crippen LogP) is 4.87. The van der Waals surface area contributed by atoms with Gasteiger partial charge in [0.2, 0.25) is 0 Å². The number of ether oxygens (including phenoxy) is 1. The zero-order valence-corrected chi connectivity index (χ0v) is 18.6. The van der Waals surface area contributed by atoms with Gasteiger partial charge in [0.25, 0.3) is 5.91 Å². The summed E-state index contributed by atoms with van der Waals surface area (Å²) in [6.45, 7) is 5.47. The summed E-state index contributed by atoms with van der Waals surface area (Å²) in [6.07, 6.45) is 7.25. The third-order valence-electron chi connectivity index (χ3n) is 5.09. The van der Waals surface area contributed by atoms with Crippen LogP contribution in [-0.4, -0.2) is 33.6 Å². The molecule has 0 spiro atoms. The van der Waals surface area contributed by atoms with E-state index in [0.29, 0.717) is 17.4 Å². The van der Waals surface area contributed by atoms with Crippen molar-refractivity contribution in [2.45, 2.75) is 33.2 Å². The summed E-state index contributed by atoms with van der Waals surface area (Å²) in [4.78, 5) is 23.7. The molecular formula is C24H26N4O2S. The van der Waals surface area contributed by atoms with E-state index in [1.165, 1.54) is 5.56 Å². The number of imidazole rings is 1. The summed E-state index contributed by atoms with van der Waals surface area (Å²) in [7, 11) is 0. The van der Waals surface area contributed by atoms with E-state index in [4.69, 9.17) is 9.72 Å². The molecule has 2 heterocycles. The number of benzene rings is 2. The number of aryl methyl sites for hydroxylation is 3. The summed E-state index contributed by atoms with van der Waals surface area (Å²) in [6, 6.07) is 14.0. The number of rotatable bonds is 9. The van der Waals surface area contributed by atoms with Gasteiger partial charge in [-0.05, 0) is 55.2 Å². The van der Waals surface area contributed by atoms with Gasteiger partial charge in [0, 0.05) is 25.5 Å². The molecular weight excluding hydrogens is 408 g/mol. The maximum atomic E-state index is 13.1. The normalized spacial score (nSPS) is 11.0. The van der Waals surface area contributed by atoms with Gasteiger partial charge in [-0.3, -0.25) is 9.69 Å². The molecule has 0 saturated heterocycles. The molecule has 0 bridgehead atoms. The predicted molar refractivity (Wildman–Crippen MR) is 125 cm³/mol. The lowest BCUT2D eigenvalue weighted by Crippen LogP contribution is -2.36. The van der Waals surface area contributed by atoms with Gasteiger partial charge < -0.3 is 9.30 Å². The van der Waals surface area contributed by atoms with Crippen molar-refractivity contribution in [2.24, 2.45) is 0 Å². The summed E-state index contributed by atoms with van der Waals surface area (Å²) in [5, 5.41) is 0.715. The van der Waals surface area contributed by atoms with E-state index in [9.17, 15) is 4.79 Å². The van der Waals surface area contributed by atoms with Crippen molar-refractivity contribution in [3.05, 3.63) is 72.3 Å². The molecule has 0 N–H and O–H groups in total. The highest BCUT2D eigenvalue weighted by atomic mass is 32.1. The lowest BCUT2D eigenvalue weighted by molar-refractivity contribution is -0.120. The molecule has 6 nitrogen and oxygen atoms in total. The van der Waals surface area contributed by atoms with Crippen molar-refractivity contribution in [2.75, 3.05) is 18.1 Å². The molecule has 4 rings (SSSR count). The maximum absolute atomic E-state index is 13.1. The number of amides is 1. The zero-order valence-electron chi connectivity index (χ0n) is 17.8. The van der Waals surface area contributed by atoms with Crippen LogP contribution in [0.2, 0.25) is 0 Å². The number of carbonyl (C=O) groups is 1. The van der Waals surface area contributed by atoms with Crippen LogP contribution in [0.25, 0.3) is 10.2 Å². The standard InChI is InChI=1S/C24H26N4O2S/c1-3-19-8-9-21-22(15-19)31-24(26-21)28(12-5-11-27-13-10-25-17-27)23(29)16-30-20-7-4-6-18(2)14-20/h4,6-10,13-15,17H,3,5,11-12,16H2,1-2H3. The Bertz CT molecular complexity index is 1150. The first kappa shape index (κ1) is 21.1. The Labute approximate surface area is 186 Å². The molecule has 0 atom stereocenters. The SMILES string of the molecule is CCc1ccc2nc(N(CCCn3ccnc3)C(=O)COc3cccc(C)c3)sc2c1. The van der Waals surface area contributed by atoms with Crippen LogP contribution < -0.4 is 9.64 Å². The highest BCUT2D eigenvalue weighted by Crippen LogP contribution is 2.30. The number of thiazole rings is 1. The Kier molecular flexibility index (Phi) is 6.62. The minimum absolute atomic E-state index is 0.0232. The molecule has 0 saturated carbocycles. The molecule has 7 heteroatoms. The average molecular weight is 435 g/mol. The largest absolute Gasteiger partial charge is 0.484 e. The summed E-state index contributed by atoms with van der Waals surface area (Å²) >= 11 is 1.55. The van der Waals surface area contributed by atoms with E-state index < -0.39 is 0 Å². The van der Waals surface area contributed by atoms with Crippen molar-refractivity contribution >= 4 is 32.6 Å². The first-order valence-corrected chi connectivity index (χ1v) is 11.3. The third-order valence-corrected chi connectivity index (χ3v) is 6.13. The van der Waals surface area contributed by atoms with E-state index >= 15 is 0 Å². The van der Waals surface area contributed by atoms with Crippen LogP contribution >= 0.6 is 11.3 Å². The number of hydrogen-bond acceptors (Lipinski definition) is 5. The maximum Gasteiger partial charge on any atom is 0.266 e. The van der Waals surface area contributed by atoms with E-state index in [1.807, 2.05) is 48.0 Å². The molecule has 2 aromatic heterocycles. The van der Waals surface area contributed by atoms with E-state index in [-0.39, 0.29) is 12.5 Å². The molecule has 0 radical (unpaired) electrons. The number of nitrogens with zero attached hydrogens (tertiary/aromatic N) is 4. The van der Waals surface area contributed by atoms with Gasteiger partial charge in [-0.1, -0.05) is 36.5 Å². The molecule has 2 aromatic carbocycles. The molecule has 0 unspecified atom stereocenters. The Hall–Kier alpha value is -3.19. The number of hydrogen-bond donors (Lipinski definition) is 0. The number of anilines is 1. The molecule has 1 amide bonds. The summed E-state index contributed by atoms with van der Waals surface area (Å²) < 4.78 is 8.89. The van der Waals surface area contributed by atoms with Crippen LogP contribution in [0, 0.1) is 6.92 Å². The van der Waals surface area contributed by atoms with Gasteiger partial charge in [0.1, 0.15) is 5.75 Å². The minimum atomic E-state index is -0.0955. The van der Waals surface area contributed by atoms with Crippen LogP contribution in [0.15, 0.2) is 61.2 Å². The van der Waals surface area contributed by atoms with Crippen LogP contribution in [-0.2, 0) is 17.8 Å². The van der Waals surface area contributed by atoms with E-state index in [2.05, 4.69) is 24.0 Å². The second kappa shape index (κ2) is 9.75. The Morgan fingerprint density at radius 1 is 1.23 bits per heavy atom. The summed E-state index contributed by atoms with van der Waals surface area (Å²) in [5.41, 5.74) is 3.28. The van der Waals surface area contributed by atoms with Crippen LogP contribution in [0.4, 0.5) is 5.13 Å². The van der Waals surface area contributed by atoms with E-state index in [1.54, 1.807) is 28.8 Å².